The van der Waals surface area contributed by atoms with Crippen molar-refractivity contribution < 1.29 is 4.79 Å². The summed E-state index contributed by atoms with van der Waals surface area (Å²) >= 11 is 3.02. The van der Waals surface area contributed by atoms with Gasteiger partial charge in [-0.05, 0) is 36.1 Å². The second-order valence-corrected chi connectivity index (χ2v) is 7.71. The van der Waals surface area contributed by atoms with E-state index in [2.05, 4.69) is 10.3 Å². The zero-order valence-electron chi connectivity index (χ0n) is 13.9. The lowest BCUT2D eigenvalue weighted by molar-refractivity contribution is -0.116. The van der Waals surface area contributed by atoms with Gasteiger partial charge in [-0.3, -0.25) is 14.2 Å². The Bertz CT molecular complexity index is 1140. The summed E-state index contributed by atoms with van der Waals surface area (Å²) < 4.78 is 1.36. The van der Waals surface area contributed by atoms with E-state index in [0.29, 0.717) is 15.9 Å². The summed E-state index contributed by atoms with van der Waals surface area (Å²) in [6, 6.07) is 11.5. The largest absolute Gasteiger partial charge is 0.325 e. The highest BCUT2D eigenvalue weighted by atomic mass is 32.1. The molecule has 26 heavy (non-hydrogen) atoms. The molecule has 7 heteroatoms. The Morgan fingerprint density at radius 3 is 2.88 bits per heavy atom. The molecule has 5 nitrogen and oxygen atoms in total. The number of fused-ring (bicyclic) bond motifs is 1. The van der Waals surface area contributed by atoms with E-state index in [-0.39, 0.29) is 18.0 Å². The van der Waals surface area contributed by atoms with Gasteiger partial charge in [-0.25, -0.2) is 4.98 Å². The maximum Gasteiger partial charge on any atom is 0.263 e. The summed E-state index contributed by atoms with van der Waals surface area (Å²) in [5, 5.41) is 7.31. The van der Waals surface area contributed by atoms with Crippen LogP contribution in [0.3, 0.4) is 0 Å². The summed E-state index contributed by atoms with van der Waals surface area (Å²) in [6.45, 7) is 1.89. The zero-order valence-corrected chi connectivity index (χ0v) is 15.6. The molecular weight excluding hydrogens is 366 g/mol. The van der Waals surface area contributed by atoms with Crippen molar-refractivity contribution >= 4 is 44.5 Å². The molecule has 4 rings (SSSR count). The van der Waals surface area contributed by atoms with Crippen molar-refractivity contribution in [2.24, 2.45) is 0 Å². The van der Waals surface area contributed by atoms with Crippen LogP contribution in [0.4, 0.5) is 5.69 Å². The summed E-state index contributed by atoms with van der Waals surface area (Å²) in [5.41, 5.74) is 2.46. The number of carbonyl (C=O) groups is 1. The fraction of sp³-hybridized carbons (Fsp3) is 0.105. The van der Waals surface area contributed by atoms with Crippen LogP contribution in [0.5, 0.6) is 0 Å². The second kappa shape index (κ2) is 6.86. The van der Waals surface area contributed by atoms with Gasteiger partial charge in [0.25, 0.3) is 5.56 Å². The molecule has 1 amide bonds. The van der Waals surface area contributed by atoms with E-state index in [0.717, 1.165) is 16.0 Å². The first-order chi connectivity index (χ1) is 12.6. The normalized spacial score (nSPS) is 11.0. The molecule has 0 spiro atoms. The quantitative estimate of drug-likeness (QED) is 0.578. The van der Waals surface area contributed by atoms with Gasteiger partial charge in [-0.2, -0.15) is 0 Å². The van der Waals surface area contributed by atoms with Crippen LogP contribution in [0.25, 0.3) is 20.7 Å². The Balaban J connectivity index is 1.65. The number of hydrogen-bond acceptors (Lipinski definition) is 5. The average Bonchev–Trinajstić information content (AvgIpc) is 3.26. The maximum atomic E-state index is 12.9. The van der Waals surface area contributed by atoms with Gasteiger partial charge >= 0.3 is 0 Å². The van der Waals surface area contributed by atoms with Gasteiger partial charge in [0.1, 0.15) is 11.4 Å². The lowest BCUT2D eigenvalue weighted by Crippen LogP contribution is -2.27. The predicted octanol–water partition coefficient (Wildman–Crippen LogP) is 4.13. The first-order valence-electron chi connectivity index (χ1n) is 7.99. The number of hydrogen-bond donors (Lipinski definition) is 1. The molecule has 3 aromatic heterocycles. The third-order valence-corrected chi connectivity index (χ3v) is 5.75. The number of benzene rings is 1. The van der Waals surface area contributed by atoms with Crippen molar-refractivity contribution in [2.75, 3.05) is 5.32 Å². The smallest absolute Gasteiger partial charge is 0.263 e. The fourth-order valence-electron chi connectivity index (χ4n) is 2.77. The molecule has 0 aliphatic carbocycles. The Hall–Kier alpha value is -2.77. The third kappa shape index (κ3) is 3.18. The minimum atomic E-state index is -0.258. The van der Waals surface area contributed by atoms with Crippen LogP contribution in [-0.2, 0) is 11.3 Å². The van der Waals surface area contributed by atoms with E-state index < -0.39 is 0 Å². The average molecular weight is 381 g/mol. The molecule has 0 aliphatic rings. The molecule has 0 radical (unpaired) electrons. The fourth-order valence-corrected chi connectivity index (χ4v) is 4.49. The van der Waals surface area contributed by atoms with E-state index in [4.69, 9.17) is 0 Å². The van der Waals surface area contributed by atoms with Crippen LogP contribution in [-0.4, -0.2) is 15.5 Å². The van der Waals surface area contributed by atoms with Crippen molar-refractivity contribution in [3.8, 4) is 10.4 Å². The second-order valence-electron chi connectivity index (χ2n) is 5.90. The number of anilines is 1. The predicted molar refractivity (Wildman–Crippen MR) is 107 cm³/mol. The number of rotatable bonds is 4. The molecule has 4 aromatic rings. The van der Waals surface area contributed by atoms with Crippen LogP contribution in [0, 0.1) is 6.92 Å². The Morgan fingerprint density at radius 2 is 2.12 bits per heavy atom. The summed E-state index contributed by atoms with van der Waals surface area (Å²) in [5.74, 6) is -0.258. The highest BCUT2D eigenvalue weighted by Gasteiger charge is 2.15. The van der Waals surface area contributed by atoms with Crippen LogP contribution in [0.2, 0.25) is 0 Å². The van der Waals surface area contributed by atoms with Crippen molar-refractivity contribution in [3.63, 3.8) is 0 Å². The number of amides is 1. The molecule has 0 fully saturated rings. The molecule has 0 atom stereocenters. The van der Waals surface area contributed by atoms with Crippen molar-refractivity contribution in [3.05, 3.63) is 69.4 Å². The molecule has 0 saturated carbocycles. The number of nitrogens with zero attached hydrogens (tertiary/aromatic N) is 2. The molecule has 3 heterocycles. The number of thiophene rings is 2. The minimum absolute atomic E-state index is 0.0740. The Kier molecular flexibility index (Phi) is 4.40. The van der Waals surface area contributed by atoms with Gasteiger partial charge in [-0.15, -0.1) is 22.7 Å². The van der Waals surface area contributed by atoms with E-state index in [1.807, 2.05) is 54.1 Å². The Labute approximate surface area is 157 Å². The van der Waals surface area contributed by atoms with Crippen molar-refractivity contribution in [1.29, 1.82) is 0 Å². The number of aryl methyl sites for hydroxylation is 1. The number of carbonyl (C=O) groups excluding carboxylic acids is 1. The molecule has 0 bridgehead atoms. The third-order valence-electron chi connectivity index (χ3n) is 3.96. The topological polar surface area (TPSA) is 64.0 Å². The lowest BCUT2D eigenvalue weighted by Gasteiger charge is -2.08. The number of nitrogens with one attached hydrogen (secondary N) is 1. The van der Waals surface area contributed by atoms with Gasteiger partial charge in [0, 0.05) is 21.5 Å². The van der Waals surface area contributed by atoms with Gasteiger partial charge < -0.3 is 5.32 Å². The molecule has 0 aliphatic heterocycles. The summed E-state index contributed by atoms with van der Waals surface area (Å²) in [6.07, 6.45) is 1.44. The molecule has 0 unspecified atom stereocenters. The Morgan fingerprint density at radius 1 is 1.23 bits per heavy atom. The van der Waals surface area contributed by atoms with E-state index >= 15 is 0 Å². The standard InChI is InChI=1S/C19H15N3O2S2/c1-12-4-2-5-13(8-12)21-16(23)9-22-11-20-18-17(19(22)24)14(10-26-18)15-6-3-7-25-15/h2-8,10-11H,9H2,1H3,(H,21,23). The molecule has 130 valence electrons. The van der Waals surface area contributed by atoms with E-state index in [1.54, 1.807) is 11.3 Å². The summed E-state index contributed by atoms with van der Waals surface area (Å²) in [7, 11) is 0. The van der Waals surface area contributed by atoms with Gasteiger partial charge in [-0.1, -0.05) is 18.2 Å². The lowest BCUT2D eigenvalue weighted by atomic mass is 10.2. The van der Waals surface area contributed by atoms with Crippen LogP contribution < -0.4 is 10.9 Å². The van der Waals surface area contributed by atoms with Crippen LogP contribution in [0.1, 0.15) is 5.56 Å². The molecule has 1 aromatic carbocycles. The van der Waals surface area contributed by atoms with E-state index in [9.17, 15) is 9.59 Å². The highest BCUT2D eigenvalue weighted by Crippen LogP contribution is 2.33. The van der Waals surface area contributed by atoms with Gasteiger partial charge in [0.2, 0.25) is 5.91 Å². The maximum absolute atomic E-state index is 12.9. The highest BCUT2D eigenvalue weighted by molar-refractivity contribution is 7.18. The summed E-state index contributed by atoms with van der Waals surface area (Å²) in [4.78, 5) is 31.3. The zero-order chi connectivity index (χ0) is 18.1. The van der Waals surface area contributed by atoms with Crippen molar-refractivity contribution in [1.82, 2.24) is 9.55 Å². The van der Waals surface area contributed by atoms with Crippen molar-refractivity contribution in [2.45, 2.75) is 13.5 Å². The van der Waals surface area contributed by atoms with Crippen LogP contribution in [0.15, 0.2) is 58.3 Å². The van der Waals surface area contributed by atoms with Crippen LogP contribution >= 0.6 is 22.7 Å². The minimum Gasteiger partial charge on any atom is -0.325 e. The van der Waals surface area contributed by atoms with Gasteiger partial charge in [0.15, 0.2) is 0 Å². The van der Waals surface area contributed by atoms with E-state index in [1.165, 1.54) is 22.2 Å². The molecular formula is C19H15N3O2S2. The monoisotopic (exact) mass is 381 g/mol. The SMILES string of the molecule is Cc1cccc(NC(=O)Cn2cnc3scc(-c4cccs4)c3c2=O)c1. The van der Waals surface area contributed by atoms with Gasteiger partial charge in [0.05, 0.1) is 11.7 Å². The molecule has 0 saturated heterocycles. The molecule has 1 N–H and O–H groups in total. The first-order valence-corrected chi connectivity index (χ1v) is 9.75. The first kappa shape index (κ1) is 16.7. The number of aromatic nitrogens is 2.